The van der Waals surface area contributed by atoms with Gasteiger partial charge in [-0.15, -0.1) is 0 Å². The maximum atomic E-state index is 4.09. The van der Waals surface area contributed by atoms with Crippen molar-refractivity contribution in [2.75, 3.05) is 0 Å². The third-order valence-corrected chi connectivity index (χ3v) is 1.68. The summed E-state index contributed by atoms with van der Waals surface area (Å²) in [5.74, 6) is 0. The van der Waals surface area contributed by atoms with E-state index in [0.29, 0.717) is 0 Å². The van der Waals surface area contributed by atoms with Crippen LogP contribution in [0.5, 0.6) is 0 Å². The van der Waals surface area contributed by atoms with Gasteiger partial charge < -0.3 is 0 Å². The first-order valence-electron chi connectivity index (χ1n) is 3.90. The summed E-state index contributed by atoms with van der Waals surface area (Å²) >= 11 is 0. The van der Waals surface area contributed by atoms with Gasteiger partial charge in [0.05, 0.1) is 13.1 Å². The van der Waals surface area contributed by atoms with Gasteiger partial charge >= 0.3 is 0 Å². The standard InChI is InChI=1S/C8H10N4/c1-3-9-11(5-1)7-8-12-6-2-4-10-12/h1-6H,7-8H2. The molecule has 0 N–H and O–H groups in total. The number of aromatic nitrogens is 4. The summed E-state index contributed by atoms with van der Waals surface area (Å²) in [6.45, 7) is 1.74. The number of nitrogens with zero attached hydrogens (tertiary/aromatic N) is 4. The number of aryl methyl sites for hydroxylation is 2. The molecule has 4 heteroatoms. The van der Waals surface area contributed by atoms with Gasteiger partial charge in [0.2, 0.25) is 0 Å². The van der Waals surface area contributed by atoms with Crippen LogP contribution in [0.4, 0.5) is 0 Å². The van der Waals surface area contributed by atoms with Crippen molar-refractivity contribution < 1.29 is 0 Å². The molecule has 0 aliphatic carbocycles. The molecule has 2 aromatic heterocycles. The quantitative estimate of drug-likeness (QED) is 0.668. The first-order chi connectivity index (χ1) is 5.95. The summed E-state index contributed by atoms with van der Waals surface area (Å²) in [5.41, 5.74) is 0. The predicted molar refractivity (Wildman–Crippen MR) is 44.5 cm³/mol. The maximum absolute atomic E-state index is 4.09. The number of hydrogen-bond donors (Lipinski definition) is 0. The van der Waals surface area contributed by atoms with Crippen LogP contribution >= 0.6 is 0 Å². The molecule has 0 aliphatic rings. The molecule has 4 nitrogen and oxygen atoms in total. The molecule has 0 radical (unpaired) electrons. The van der Waals surface area contributed by atoms with E-state index in [-0.39, 0.29) is 0 Å². The van der Waals surface area contributed by atoms with Crippen molar-refractivity contribution in [3.8, 4) is 0 Å². The summed E-state index contributed by atoms with van der Waals surface area (Å²) < 4.78 is 3.78. The molecule has 0 fully saturated rings. The Morgan fingerprint density at radius 2 is 1.33 bits per heavy atom. The van der Waals surface area contributed by atoms with Crippen molar-refractivity contribution in [1.82, 2.24) is 19.6 Å². The Kier molecular flexibility index (Phi) is 1.90. The lowest BCUT2D eigenvalue weighted by molar-refractivity contribution is 0.500. The highest BCUT2D eigenvalue weighted by Crippen LogP contribution is 1.88. The van der Waals surface area contributed by atoms with E-state index in [1.54, 1.807) is 12.4 Å². The van der Waals surface area contributed by atoms with Gasteiger partial charge in [0.15, 0.2) is 0 Å². The van der Waals surface area contributed by atoms with Gasteiger partial charge in [-0.1, -0.05) is 0 Å². The van der Waals surface area contributed by atoms with Gasteiger partial charge in [0.1, 0.15) is 0 Å². The number of hydrogen-bond acceptors (Lipinski definition) is 2. The van der Waals surface area contributed by atoms with Crippen LogP contribution in [0.2, 0.25) is 0 Å². The molecular formula is C8H10N4. The number of rotatable bonds is 3. The van der Waals surface area contributed by atoms with Crippen molar-refractivity contribution >= 4 is 0 Å². The molecule has 0 atom stereocenters. The fourth-order valence-electron chi connectivity index (χ4n) is 1.07. The van der Waals surface area contributed by atoms with Crippen molar-refractivity contribution in [2.24, 2.45) is 0 Å². The summed E-state index contributed by atoms with van der Waals surface area (Å²) in [5, 5.41) is 8.18. The minimum atomic E-state index is 0.870. The zero-order valence-corrected chi connectivity index (χ0v) is 6.67. The lowest BCUT2D eigenvalue weighted by Crippen LogP contribution is -2.07. The van der Waals surface area contributed by atoms with Crippen molar-refractivity contribution in [3.63, 3.8) is 0 Å². The molecule has 12 heavy (non-hydrogen) atoms. The fourth-order valence-corrected chi connectivity index (χ4v) is 1.07. The van der Waals surface area contributed by atoms with E-state index in [0.717, 1.165) is 13.1 Å². The zero-order valence-electron chi connectivity index (χ0n) is 6.67. The van der Waals surface area contributed by atoms with E-state index < -0.39 is 0 Å². The van der Waals surface area contributed by atoms with Gasteiger partial charge in [-0.05, 0) is 12.1 Å². The normalized spacial score (nSPS) is 10.3. The molecule has 2 rings (SSSR count). The lowest BCUT2D eigenvalue weighted by atomic mass is 10.6. The smallest absolute Gasteiger partial charge is 0.0605 e. The highest BCUT2D eigenvalue weighted by Gasteiger charge is 1.91. The SMILES string of the molecule is c1cnn(CCn2cccn2)c1. The van der Waals surface area contributed by atoms with E-state index in [1.807, 2.05) is 33.9 Å². The van der Waals surface area contributed by atoms with Crippen LogP contribution in [-0.2, 0) is 13.1 Å². The van der Waals surface area contributed by atoms with Crippen molar-refractivity contribution in [1.29, 1.82) is 0 Å². The Morgan fingerprint density at radius 1 is 0.833 bits per heavy atom. The fraction of sp³-hybridized carbons (Fsp3) is 0.250. The van der Waals surface area contributed by atoms with Crippen LogP contribution in [0.1, 0.15) is 0 Å². The van der Waals surface area contributed by atoms with Crippen molar-refractivity contribution in [2.45, 2.75) is 13.1 Å². The molecule has 2 heterocycles. The maximum Gasteiger partial charge on any atom is 0.0605 e. The molecule has 2 aromatic rings. The third-order valence-electron chi connectivity index (χ3n) is 1.68. The van der Waals surface area contributed by atoms with Gasteiger partial charge in [-0.3, -0.25) is 9.36 Å². The first-order valence-corrected chi connectivity index (χ1v) is 3.90. The highest BCUT2D eigenvalue weighted by molar-refractivity contribution is 4.79. The van der Waals surface area contributed by atoms with E-state index in [2.05, 4.69) is 10.2 Å². The molecule has 0 bridgehead atoms. The lowest BCUT2D eigenvalue weighted by Gasteiger charge is -2.00. The van der Waals surface area contributed by atoms with Crippen LogP contribution in [0.25, 0.3) is 0 Å². The summed E-state index contributed by atoms with van der Waals surface area (Å²) in [7, 11) is 0. The molecule has 0 spiro atoms. The molecule has 0 saturated carbocycles. The summed E-state index contributed by atoms with van der Waals surface area (Å²) in [4.78, 5) is 0. The van der Waals surface area contributed by atoms with Gasteiger partial charge in [-0.25, -0.2) is 0 Å². The van der Waals surface area contributed by atoms with E-state index in [1.165, 1.54) is 0 Å². The Labute approximate surface area is 70.4 Å². The summed E-state index contributed by atoms with van der Waals surface area (Å²) in [6, 6.07) is 3.84. The van der Waals surface area contributed by atoms with Crippen molar-refractivity contribution in [3.05, 3.63) is 36.9 Å². The average molecular weight is 162 g/mol. The summed E-state index contributed by atoms with van der Waals surface area (Å²) in [6.07, 6.45) is 7.46. The monoisotopic (exact) mass is 162 g/mol. The molecule has 0 aromatic carbocycles. The molecule has 0 saturated heterocycles. The molecule has 0 aliphatic heterocycles. The average Bonchev–Trinajstić information content (AvgIpc) is 2.74. The topological polar surface area (TPSA) is 35.6 Å². The van der Waals surface area contributed by atoms with Gasteiger partial charge in [0.25, 0.3) is 0 Å². The Hall–Kier alpha value is -1.58. The minimum absolute atomic E-state index is 0.870. The second-order valence-electron chi connectivity index (χ2n) is 2.54. The molecule has 0 unspecified atom stereocenters. The van der Waals surface area contributed by atoms with Gasteiger partial charge in [0, 0.05) is 24.8 Å². The molecule has 0 amide bonds. The van der Waals surface area contributed by atoms with E-state index in [4.69, 9.17) is 0 Å². The Balaban J connectivity index is 1.91. The van der Waals surface area contributed by atoms with E-state index >= 15 is 0 Å². The predicted octanol–water partition coefficient (Wildman–Crippen LogP) is 0.780. The second kappa shape index (κ2) is 3.21. The second-order valence-corrected chi connectivity index (χ2v) is 2.54. The first kappa shape index (κ1) is 7.09. The van der Waals surface area contributed by atoms with Gasteiger partial charge in [-0.2, -0.15) is 10.2 Å². The largest absolute Gasteiger partial charge is 0.271 e. The van der Waals surface area contributed by atoms with Crippen LogP contribution in [0.3, 0.4) is 0 Å². The minimum Gasteiger partial charge on any atom is -0.271 e. The van der Waals surface area contributed by atoms with Crippen LogP contribution < -0.4 is 0 Å². The Bertz CT molecular complexity index is 274. The van der Waals surface area contributed by atoms with E-state index in [9.17, 15) is 0 Å². The van der Waals surface area contributed by atoms with Crippen LogP contribution in [-0.4, -0.2) is 19.6 Å². The van der Waals surface area contributed by atoms with Crippen LogP contribution in [0, 0.1) is 0 Å². The molecule has 62 valence electrons. The highest BCUT2D eigenvalue weighted by atomic mass is 15.3. The third kappa shape index (κ3) is 1.53. The molecular weight excluding hydrogens is 152 g/mol. The Morgan fingerprint density at radius 3 is 1.67 bits per heavy atom. The van der Waals surface area contributed by atoms with Crippen LogP contribution in [0.15, 0.2) is 36.9 Å². The zero-order chi connectivity index (χ0) is 8.23.